The second-order valence-electron chi connectivity index (χ2n) is 8.19. The van der Waals surface area contributed by atoms with E-state index in [1.54, 1.807) is 0 Å². The van der Waals surface area contributed by atoms with E-state index in [9.17, 15) is 9.50 Å². The molecule has 0 amide bonds. The van der Waals surface area contributed by atoms with Gasteiger partial charge in [0.25, 0.3) is 0 Å². The Balaban J connectivity index is 1.51. The Morgan fingerprint density at radius 1 is 0.714 bits per heavy atom. The highest BCUT2D eigenvalue weighted by Gasteiger charge is 2.41. The largest absolute Gasteiger partial charge is 0.390 e. The number of rotatable bonds is 2. The van der Waals surface area contributed by atoms with Gasteiger partial charge in [0.05, 0.1) is 6.10 Å². The van der Waals surface area contributed by atoms with Crippen molar-refractivity contribution in [2.45, 2.75) is 89.8 Å². The standard InChI is InChI=1S/C19H33FO/c1-13-17(11-12-18(21)19(13)20)16-9-7-15(8-10-16)14-5-3-2-4-6-14/h13-19,21H,2-12H2,1H3. The molecule has 0 aliphatic heterocycles. The van der Waals surface area contributed by atoms with Gasteiger partial charge in [-0.15, -0.1) is 0 Å². The molecule has 21 heavy (non-hydrogen) atoms. The van der Waals surface area contributed by atoms with E-state index in [2.05, 4.69) is 0 Å². The monoisotopic (exact) mass is 296 g/mol. The minimum atomic E-state index is -0.986. The molecule has 3 rings (SSSR count). The fraction of sp³-hybridized carbons (Fsp3) is 1.00. The van der Waals surface area contributed by atoms with Crippen LogP contribution in [0.4, 0.5) is 4.39 Å². The summed E-state index contributed by atoms with van der Waals surface area (Å²) in [6.45, 7) is 2.03. The zero-order valence-corrected chi connectivity index (χ0v) is 13.6. The van der Waals surface area contributed by atoms with E-state index >= 15 is 0 Å². The molecule has 3 aliphatic rings. The summed E-state index contributed by atoms with van der Waals surface area (Å²) in [5, 5.41) is 9.70. The van der Waals surface area contributed by atoms with Crippen LogP contribution >= 0.6 is 0 Å². The number of halogens is 1. The average molecular weight is 296 g/mol. The minimum Gasteiger partial charge on any atom is -0.390 e. The molecule has 3 saturated carbocycles. The molecule has 0 bridgehead atoms. The van der Waals surface area contributed by atoms with Crippen LogP contribution < -0.4 is 0 Å². The quantitative estimate of drug-likeness (QED) is 0.750. The van der Waals surface area contributed by atoms with E-state index in [1.165, 1.54) is 57.8 Å². The summed E-state index contributed by atoms with van der Waals surface area (Å²) in [7, 11) is 0. The Morgan fingerprint density at radius 2 is 1.29 bits per heavy atom. The van der Waals surface area contributed by atoms with Crippen LogP contribution in [-0.4, -0.2) is 17.4 Å². The molecule has 1 nitrogen and oxygen atoms in total. The fourth-order valence-corrected chi connectivity index (χ4v) is 5.69. The third-order valence-electron chi connectivity index (χ3n) is 7.08. The van der Waals surface area contributed by atoms with E-state index in [-0.39, 0.29) is 5.92 Å². The molecule has 122 valence electrons. The molecule has 2 heteroatoms. The molecule has 1 N–H and O–H groups in total. The molecular formula is C19H33FO. The first kappa shape index (κ1) is 15.8. The van der Waals surface area contributed by atoms with Crippen molar-refractivity contribution in [3.8, 4) is 0 Å². The zero-order valence-electron chi connectivity index (χ0n) is 13.6. The van der Waals surface area contributed by atoms with E-state index in [0.29, 0.717) is 12.3 Å². The highest BCUT2D eigenvalue weighted by Crippen LogP contribution is 2.46. The second kappa shape index (κ2) is 6.98. The second-order valence-corrected chi connectivity index (χ2v) is 8.19. The van der Waals surface area contributed by atoms with Crippen LogP contribution in [0.3, 0.4) is 0 Å². The third-order valence-corrected chi connectivity index (χ3v) is 7.08. The molecule has 4 unspecified atom stereocenters. The van der Waals surface area contributed by atoms with E-state index < -0.39 is 12.3 Å². The van der Waals surface area contributed by atoms with E-state index in [4.69, 9.17) is 0 Å². The van der Waals surface area contributed by atoms with Crippen LogP contribution in [0, 0.1) is 29.6 Å². The van der Waals surface area contributed by atoms with Crippen LogP contribution in [0.15, 0.2) is 0 Å². The van der Waals surface area contributed by atoms with Gasteiger partial charge in [-0.2, -0.15) is 0 Å². The van der Waals surface area contributed by atoms with Gasteiger partial charge in [0.1, 0.15) is 6.17 Å². The van der Waals surface area contributed by atoms with E-state index in [1.807, 2.05) is 6.92 Å². The molecule has 0 aromatic carbocycles. The lowest BCUT2D eigenvalue weighted by Gasteiger charge is -2.43. The predicted octanol–water partition coefficient (Wildman–Crippen LogP) is 5.12. The average Bonchev–Trinajstić information content (AvgIpc) is 2.54. The molecule has 3 fully saturated rings. The minimum absolute atomic E-state index is 0.0602. The number of alkyl halides is 1. The summed E-state index contributed by atoms with van der Waals surface area (Å²) in [5.41, 5.74) is 0. The molecule has 0 aromatic heterocycles. The first-order valence-corrected chi connectivity index (χ1v) is 9.49. The Labute approximate surface area is 129 Å². The van der Waals surface area contributed by atoms with Gasteiger partial charge in [-0.05, 0) is 68.1 Å². The van der Waals surface area contributed by atoms with Crippen molar-refractivity contribution in [2.75, 3.05) is 0 Å². The molecule has 3 aliphatic carbocycles. The van der Waals surface area contributed by atoms with Crippen LogP contribution in [0.1, 0.15) is 77.6 Å². The molecular weight excluding hydrogens is 263 g/mol. The molecule has 0 heterocycles. The van der Waals surface area contributed by atoms with Crippen LogP contribution in [0.5, 0.6) is 0 Å². The zero-order chi connectivity index (χ0) is 14.8. The maximum Gasteiger partial charge on any atom is 0.129 e. The van der Waals surface area contributed by atoms with Crippen molar-refractivity contribution >= 4 is 0 Å². The lowest BCUT2D eigenvalue weighted by Crippen LogP contribution is -2.42. The van der Waals surface area contributed by atoms with Crippen LogP contribution in [-0.2, 0) is 0 Å². The molecule has 0 saturated heterocycles. The van der Waals surface area contributed by atoms with Gasteiger partial charge in [0, 0.05) is 0 Å². The van der Waals surface area contributed by atoms with Crippen molar-refractivity contribution in [2.24, 2.45) is 29.6 Å². The van der Waals surface area contributed by atoms with Gasteiger partial charge < -0.3 is 5.11 Å². The predicted molar refractivity (Wildman–Crippen MR) is 84.8 cm³/mol. The van der Waals surface area contributed by atoms with Gasteiger partial charge in [-0.1, -0.05) is 39.0 Å². The van der Waals surface area contributed by atoms with Gasteiger partial charge in [0.2, 0.25) is 0 Å². The summed E-state index contributed by atoms with van der Waals surface area (Å²) in [6, 6.07) is 0. The number of aliphatic hydroxyl groups excluding tert-OH is 1. The SMILES string of the molecule is CC1C(F)C(O)CCC1C1CCC(C2CCCCC2)CC1. The van der Waals surface area contributed by atoms with Gasteiger partial charge in [-0.3, -0.25) is 0 Å². The Hall–Kier alpha value is -0.110. The third kappa shape index (κ3) is 3.46. The van der Waals surface area contributed by atoms with Crippen molar-refractivity contribution < 1.29 is 9.50 Å². The number of aliphatic hydroxyl groups is 1. The van der Waals surface area contributed by atoms with Crippen molar-refractivity contribution in [1.29, 1.82) is 0 Å². The molecule has 4 atom stereocenters. The first-order chi connectivity index (χ1) is 10.2. The summed E-state index contributed by atoms with van der Waals surface area (Å²) < 4.78 is 14.1. The summed E-state index contributed by atoms with van der Waals surface area (Å²) in [4.78, 5) is 0. The first-order valence-electron chi connectivity index (χ1n) is 9.49. The Kier molecular flexibility index (Phi) is 5.24. The summed E-state index contributed by atoms with van der Waals surface area (Å²) in [5.74, 6) is 3.28. The summed E-state index contributed by atoms with van der Waals surface area (Å²) >= 11 is 0. The van der Waals surface area contributed by atoms with Crippen LogP contribution in [0.2, 0.25) is 0 Å². The maximum atomic E-state index is 14.1. The maximum absolute atomic E-state index is 14.1. The highest BCUT2D eigenvalue weighted by molar-refractivity contribution is 4.91. The summed E-state index contributed by atoms with van der Waals surface area (Å²) in [6.07, 6.45) is 12.7. The molecule has 0 spiro atoms. The lowest BCUT2D eigenvalue weighted by atomic mass is 9.63. The number of hydrogen-bond donors (Lipinski definition) is 1. The highest BCUT2D eigenvalue weighted by atomic mass is 19.1. The Morgan fingerprint density at radius 3 is 1.95 bits per heavy atom. The molecule has 0 aromatic rings. The van der Waals surface area contributed by atoms with Gasteiger partial charge >= 0.3 is 0 Å². The van der Waals surface area contributed by atoms with Crippen molar-refractivity contribution in [3.05, 3.63) is 0 Å². The molecule has 0 radical (unpaired) electrons. The van der Waals surface area contributed by atoms with Crippen LogP contribution in [0.25, 0.3) is 0 Å². The van der Waals surface area contributed by atoms with Crippen molar-refractivity contribution in [1.82, 2.24) is 0 Å². The topological polar surface area (TPSA) is 20.2 Å². The fourth-order valence-electron chi connectivity index (χ4n) is 5.69. The van der Waals surface area contributed by atoms with Gasteiger partial charge in [0.15, 0.2) is 0 Å². The number of hydrogen-bond acceptors (Lipinski definition) is 1. The van der Waals surface area contributed by atoms with E-state index in [0.717, 1.165) is 24.2 Å². The normalized spacial score (nSPS) is 46.4. The lowest BCUT2D eigenvalue weighted by molar-refractivity contribution is -0.0360. The smallest absolute Gasteiger partial charge is 0.129 e. The van der Waals surface area contributed by atoms with Crippen molar-refractivity contribution in [3.63, 3.8) is 0 Å². The Bertz CT molecular complexity index is 318. The van der Waals surface area contributed by atoms with Gasteiger partial charge in [-0.25, -0.2) is 4.39 Å².